The first kappa shape index (κ1) is 22.4. The lowest BCUT2D eigenvalue weighted by Gasteiger charge is -2.39. The number of hydrogen-bond acceptors (Lipinski definition) is 13. The van der Waals surface area contributed by atoms with Gasteiger partial charge in [-0.15, -0.1) is 5.10 Å². The van der Waals surface area contributed by atoms with Crippen molar-refractivity contribution in [2.75, 3.05) is 13.2 Å². The maximum Gasteiger partial charge on any atom is 0.187 e. The topological polar surface area (TPSA) is 220 Å². The Kier molecular flexibility index (Phi) is 7.13. The van der Waals surface area contributed by atoms with E-state index >= 15 is 0 Å². The second-order valence-electron chi connectivity index (χ2n) is 6.92. The van der Waals surface area contributed by atoms with Crippen LogP contribution in [-0.2, 0) is 20.8 Å². The minimum absolute atomic E-state index is 0.193. The molecular formula is C15H25N3O11. The summed E-state index contributed by atoms with van der Waals surface area (Å²) in [4.78, 5) is 0. The normalized spacial score (nSPS) is 43.4. The molecule has 10 atom stereocenters. The van der Waals surface area contributed by atoms with Gasteiger partial charge in [0.1, 0.15) is 54.5 Å². The molecule has 14 nitrogen and oxygen atoms in total. The second-order valence-corrected chi connectivity index (χ2v) is 6.92. The number of hydrogen-bond donors (Lipinski definition) is 8. The fraction of sp³-hybridized carbons (Fsp3) is 0.867. The van der Waals surface area contributed by atoms with Gasteiger partial charge in [0, 0.05) is 0 Å². The van der Waals surface area contributed by atoms with E-state index in [9.17, 15) is 40.9 Å². The summed E-state index contributed by atoms with van der Waals surface area (Å²) >= 11 is 0. The Hall–Kier alpha value is -1.30. The Morgan fingerprint density at radius 3 is 2.03 bits per heavy atom. The third-order valence-corrected chi connectivity index (χ3v) is 4.93. The van der Waals surface area contributed by atoms with Crippen LogP contribution in [0.25, 0.3) is 0 Å². The molecule has 0 aromatic carbocycles. The minimum Gasteiger partial charge on any atom is -0.394 e. The Morgan fingerprint density at radius 1 is 0.828 bits per heavy atom. The maximum absolute atomic E-state index is 10.1. The van der Waals surface area contributed by atoms with Gasteiger partial charge in [0.2, 0.25) is 0 Å². The van der Waals surface area contributed by atoms with Crippen molar-refractivity contribution >= 4 is 0 Å². The van der Waals surface area contributed by atoms with E-state index < -0.39 is 74.6 Å². The molecule has 0 spiro atoms. The number of nitrogens with zero attached hydrogens (tertiary/aromatic N) is 3. The molecule has 2 fully saturated rings. The molecule has 3 heterocycles. The molecule has 2 aliphatic heterocycles. The van der Waals surface area contributed by atoms with Crippen molar-refractivity contribution in [1.82, 2.24) is 15.0 Å². The molecule has 0 saturated carbocycles. The average Bonchev–Trinajstić information content (AvgIpc) is 3.19. The quantitative estimate of drug-likeness (QED) is 0.214. The Morgan fingerprint density at radius 2 is 1.41 bits per heavy atom. The zero-order valence-electron chi connectivity index (χ0n) is 15.1. The lowest BCUT2D eigenvalue weighted by Crippen LogP contribution is -2.59. The molecule has 1 aromatic heterocycles. The zero-order valence-corrected chi connectivity index (χ0v) is 15.1. The van der Waals surface area contributed by atoms with Gasteiger partial charge in [0.05, 0.1) is 26.0 Å². The highest BCUT2D eigenvalue weighted by molar-refractivity contribution is 4.96. The highest BCUT2D eigenvalue weighted by Crippen LogP contribution is 2.28. The van der Waals surface area contributed by atoms with Crippen LogP contribution >= 0.6 is 0 Å². The number of aliphatic hydroxyl groups excluding tert-OH is 8. The van der Waals surface area contributed by atoms with E-state index in [1.807, 2.05) is 0 Å². The monoisotopic (exact) mass is 423 g/mol. The summed E-state index contributed by atoms with van der Waals surface area (Å²) < 4.78 is 17.0. The summed E-state index contributed by atoms with van der Waals surface area (Å²) in [7, 11) is 0. The molecule has 3 rings (SSSR count). The predicted octanol–water partition coefficient (Wildman–Crippen LogP) is -5.43. The largest absolute Gasteiger partial charge is 0.394 e. The Bertz CT molecular complexity index is 659. The molecule has 8 N–H and O–H groups in total. The highest BCUT2D eigenvalue weighted by Gasteiger charge is 2.45. The number of ether oxygens (including phenoxy) is 3. The van der Waals surface area contributed by atoms with Crippen molar-refractivity contribution in [3.8, 4) is 0 Å². The summed E-state index contributed by atoms with van der Waals surface area (Å²) in [5.41, 5.74) is 0.193. The standard InChI is InChI=1S/C15H25N3O11/c19-2-6-8(21)10(23)12(25)14(28-6)18-1-5(16-17-18)4-27-15-13(26)11(24)9(22)7(3-20)29-15/h1,6-15,19-26H,2-4H2/t6-,7-,8-,9-,10+,11+,12-,13+,14-,15+/m1/s1. The van der Waals surface area contributed by atoms with E-state index in [1.54, 1.807) is 0 Å². The third-order valence-electron chi connectivity index (χ3n) is 4.93. The van der Waals surface area contributed by atoms with E-state index in [0.717, 1.165) is 4.68 Å². The molecule has 1 aromatic rings. The molecule has 14 heteroatoms. The van der Waals surface area contributed by atoms with Gasteiger partial charge in [-0.05, 0) is 0 Å². The van der Waals surface area contributed by atoms with E-state index in [-0.39, 0.29) is 12.3 Å². The summed E-state index contributed by atoms with van der Waals surface area (Å²) in [6, 6.07) is 0. The molecule has 166 valence electrons. The third kappa shape index (κ3) is 4.42. The number of aromatic nitrogens is 3. The van der Waals surface area contributed by atoms with E-state index in [2.05, 4.69) is 10.3 Å². The van der Waals surface area contributed by atoms with Crippen molar-refractivity contribution in [1.29, 1.82) is 0 Å². The Labute approximate surface area is 164 Å². The van der Waals surface area contributed by atoms with Crippen molar-refractivity contribution in [3.05, 3.63) is 11.9 Å². The van der Waals surface area contributed by atoms with Crippen LogP contribution in [0.3, 0.4) is 0 Å². The van der Waals surface area contributed by atoms with Crippen LogP contribution in [0.4, 0.5) is 0 Å². The zero-order chi connectivity index (χ0) is 21.3. The first-order valence-electron chi connectivity index (χ1n) is 8.91. The first-order valence-corrected chi connectivity index (χ1v) is 8.91. The fourth-order valence-electron chi connectivity index (χ4n) is 3.18. The van der Waals surface area contributed by atoms with Crippen molar-refractivity contribution in [3.63, 3.8) is 0 Å². The minimum atomic E-state index is -1.59. The van der Waals surface area contributed by atoms with Gasteiger partial charge in [-0.25, -0.2) is 4.68 Å². The van der Waals surface area contributed by atoms with Gasteiger partial charge in [0.15, 0.2) is 12.5 Å². The lowest BCUT2D eigenvalue weighted by atomic mass is 9.98. The first-order chi connectivity index (χ1) is 13.8. The van der Waals surface area contributed by atoms with Gasteiger partial charge in [0.25, 0.3) is 0 Å². The maximum atomic E-state index is 10.1. The molecule has 0 radical (unpaired) electrons. The van der Waals surface area contributed by atoms with Gasteiger partial charge in [-0.1, -0.05) is 5.21 Å². The van der Waals surface area contributed by atoms with Crippen molar-refractivity contribution in [2.24, 2.45) is 0 Å². The van der Waals surface area contributed by atoms with Crippen LogP contribution < -0.4 is 0 Å². The number of rotatable bonds is 6. The van der Waals surface area contributed by atoms with Crippen LogP contribution in [0.1, 0.15) is 11.9 Å². The molecule has 29 heavy (non-hydrogen) atoms. The summed E-state index contributed by atoms with van der Waals surface area (Å²) in [6.07, 6.45) is -12.8. The molecule has 0 amide bonds. The molecule has 2 saturated heterocycles. The molecular weight excluding hydrogens is 398 g/mol. The van der Waals surface area contributed by atoms with Crippen LogP contribution in [0, 0.1) is 0 Å². The highest BCUT2D eigenvalue weighted by atomic mass is 16.7. The van der Waals surface area contributed by atoms with Crippen molar-refractivity contribution in [2.45, 2.75) is 68.0 Å². The van der Waals surface area contributed by atoms with Crippen LogP contribution in [0.15, 0.2) is 6.20 Å². The van der Waals surface area contributed by atoms with Crippen LogP contribution in [-0.4, -0.2) is 124 Å². The molecule has 2 aliphatic rings. The van der Waals surface area contributed by atoms with E-state index in [1.165, 1.54) is 6.20 Å². The summed E-state index contributed by atoms with van der Waals surface area (Å²) in [6.45, 7) is -1.46. The number of aliphatic hydroxyl groups is 8. The van der Waals surface area contributed by atoms with E-state index in [0.29, 0.717) is 0 Å². The molecule has 0 unspecified atom stereocenters. The van der Waals surface area contributed by atoms with Crippen molar-refractivity contribution < 1.29 is 55.1 Å². The van der Waals surface area contributed by atoms with Gasteiger partial charge >= 0.3 is 0 Å². The van der Waals surface area contributed by atoms with Gasteiger partial charge in [-0.2, -0.15) is 0 Å². The summed E-state index contributed by atoms with van der Waals surface area (Å²) in [5, 5.41) is 85.1. The van der Waals surface area contributed by atoms with E-state index in [4.69, 9.17) is 14.2 Å². The van der Waals surface area contributed by atoms with Crippen LogP contribution in [0.5, 0.6) is 0 Å². The van der Waals surface area contributed by atoms with Gasteiger partial charge < -0.3 is 55.1 Å². The fourth-order valence-corrected chi connectivity index (χ4v) is 3.18. The molecule has 0 aliphatic carbocycles. The molecule has 0 bridgehead atoms. The SMILES string of the molecule is OC[C@H]1O[C@H](OCc2cn([C@@H]3O[C@H](CO)[C@@H](O)[C@H](O)[C@H]3O)nn2)[C@@H](O)[C@@H](O)[C@@H]1O. The Balaban J connectivity index is 1.63. The van der Waals surface area contributed by atoms with Gasteiger partial charge in [-0.3, -0.25) is 0 Å². The summed E-state index contributed by atoms with van der Waals surface area (Å²) in [5.74, 6) is 0. The lowest BCUT2D eigenvalue weighted by molar-refractivity contribution is -0.304. The second kappa shape index (κ2) is 9.23. The predicted molar refractivity (Wildman–Crippen MR) is 87.6 cm³/mol. The average molecular weight is 423 g/mol. The smallest absolute Gasteiger partial charge is 0.187 e. The van der Waals surface area contributed by atoms with Crippen LogP contribution in [0.2, 0.25) is 0 Å².